The average molecular weight is 1880 g/mol. The number of benzene rings is 8. The predicted octanol–water partition coefficient (Wildman–Crippen LogP) is 7.71. The van der Waals surface area contributed by atoms with Gasteiger partial charge in [0, 0.05) is 91.6 Å². The number of pyridine rings is 3. The van der Waals surface area contributed by atoms with Crippen molar-refractivity contribution < 1.29 is 24.5 Å². The lowest BCUT2D eigenvalue weighted by atomic mass is 10.1. The van der Waals surface area contributed by atoms with Crippen molar-refractivity contribution in [2.45, 2.75) is 6.92 Å². The summed E-state index contributed by atoms with van der Waals surface area (Å²) in [5.41, 5.74) is 11.8. The van der Waals surface area contributed by atoms with E-state index in [2.05, 4.69) is 257 Å². The number of H-pyrrole nitrogens is 11. The third kappa shape index (κ3) is 29.5. The first-order valence-electron chi connectivity index (χ1n) is 38.9. The highest BCUT2D eigenvalue weighted by molar-refractivity contribution is 6.30. The number of aromatic carboxylic acids is 2. The van der Waals surface area contributed by atoms with E-state index in [0.717, 1.165) is 67.2 Å². The molecule has 0 amide bonds. The lowest BCUT2D eigenvalue weighted by Gasteiger charge is -1.98. The van der Waals surface area contributed by atoms with Gasteiger partial charge in [-0.25, -0.2) is 9.59 Å². The zero-order valence-corrected chi connectivity index (χ0v) is 71.8. The van der Waals surface area contributed by atoms with Crippen LogP contribution in [0, 0.1) is 6.92 Å². The van der Waals surface area contributed by atoms with Crippen molar-refractivity contribution in [1.82, 2.24) is 262 Å². The number of carbonyl (C=O) groups is 2. The summed E-state index contributed by atoms with van der Waals surface area (Å²) in [4.78, 5) is 33.0. The van der Waals surface area contributed by atoms with E-state index in [1.54, 1.807) is 74.5 Å². The van der Waals surface area contributed by atoms with Crippen LogP contribution in [0.4, 0.5) is 0 Å². The van der Waals surface area contributed by atoms with Crippen LogP contribution in [0.3, 0.4) is 0 Å². The maximum Gasteiger partial charge on any atom is 0.335 e. The smallest absolute Gasteiger partial charge is 0.335 e. The zero-order valence-electron chi connectivity index (χ0n) is 70.3. The molecular weight excluding hydrogens is 1810 g/mol. The summed E-state index contributed by atoms with van der Waals surface area (Å²) in [5.74, 6) is 4.88. The van der Waals surface area contributed by atoms with Gasteiger partial charge in [0.05, 0.1) is 23.9 Å². The number of hydrogen-bond acceptors (Lipinski definition) is 42. The minimum Gasteiger partial charge on any atom is -0.497 e. The third-order valence-electron chi connectivity index (χ3n) is 16.9. The first-order chi connectivity index (χ1) is 67.3. The molecule has 15 heterocycles. The van der Waals surface area contributed by atoms with Crippen molar-refractivity contribution in [3.63, 3.8) is 0 Å². The van der Waals surface area contributed by atoms with Crippen molar-refractivity contribution >= 4 is 35.1 Å². The molecule has 58 heteroatoms. The number of tetrazole rings is 12. The Morgan fingerprint density at radius 2 is 0.642 bits per heavy atom. The molecule has 23 rings (SSSR count). The molecule has 0 atom stereocenters. The molecule has 13 N–H and O–H groups in total. The number of aromatic amines is 11. The maximum atomic E-state index is 10.7. The van der Waals surface area contributed by atoms with E-state index >= 15 is 0 Å². The Morgan fingerprint density at radius 1 is 0.299 bits per heavy atom. The Labute approximate surface area is 775 Å². The van der Waals surface area contributed by atoms with E-state index in [-0.39, 0.29) is 16.4 Å². The van der Waals surface area contributed by atoms with Crippen LogP contribution in [0.2, 0.25) is 10.3 Å². The highest BCUT2D eigenvalue weighted by Crippen LogP contribution is 2.24. The summed E-state index contributed by atoms with van der Waals surface area (Å²) in [7, 11) is 1.63. The van der Waals surface area contributed by atoms with Gasteiger partial charge in [-0.2, -0.15) is 62.0 Å². The number of carboxylic acids is 2. The number of nitrogens with one attached hydrogen (secondary N) is 11. The van der Waals surface area contributed by atoms with Gasteiger partial charge in [-0.15, -0.1) is 112 Å². The third-order valence-corrected chi connectivity index (χ3v) is 17.4. The van der Waals surface area contributed by atoms with Gasteiger partial charge in [0.2, 0.25) is 69.4 Å². The molecule has 0 unspecified atom stereocenters. The van der Waals surface area contributed by atoms with Crippen LogP contribution in [-0.2, 0) is 0 Å². The van der Waals surface area contributed by atoms with Crippen LogP contribution in [0.15, 0.2) is 280 Å². The number of aryl methyl sites for hydroxylation is 1. The van der Waals surface area contributed by atoms with Gasteiger partial charge < -0.3 is 14.9 Å². The quantitative estimate of drug-likeness (QED) is 0.0467. The number of rotatable bonds is 15. The Morgan fingerprint density at radius 3 is 1.01 bits per heavy atom. The number of ether oxygens (including phenoxy) is 1. The van der Waals surface area contributed by atoms with E-state index in [0.29, 0.717) is 74.7 Å². The van der Waals surface area contributed by atoms with E-state index in [4.69, 9.17) is 38.2 Å². The summed E-state index contributed by atoms with van der Waals surface area (Å²) in [6.07, 6.45) is 8.44. The van der Waals surface area contributed by atoms with Crippen molar-refractivity contribution in [2.24, 2.45) is 0 Å². The van der Waals surface area contributed by atoms with Gasteiger partial charge in [-0.3, -0.25) is 15.0 Å². The number of halogens is 2. The SMILES string of the molecule is COc1ccc(-c2nn[nH]n2)cc1.Cc1ccc(-c2nn[nH]n2)cc1.Clc1ccc(-c2nn[nH]n2)cc1.Clc1nnnn1-c1ccccc1.O=C(O)c1ccc(-c2nn[nH]n2)cc1.O=C(O)c1cccc(-c2nn[nH]n2)c1.c1cc(-c2nn[nH]n2)cc(-c2nn[nH]n2)c1.c1cc(-c2nn[nH]n2)ccn1.c1ccc(-c2nn[nH]n2)cc1.c1ccc(-c2nn[nH]n2)nc1.c1cncc(-c2nn[nH]n2)c1. The van der Waals surface area contributed by atoms with Gasteiger partial charge in [0.1, 0.15) is 11.4 Å². The van der Waals surface area contributed by atoms with Crippen LogP contribution >= 0.6 is 23.2 Å². The molecule has 8 aromatic carbocycles. The summed E-state index contributed by atoms with van der Waals surface area (Å²) in [5, 5.41) is 177. The van der Waals surface area contributed by atoms with Crippen LogP contribution in [0.5, 0.6) is 5.75 Å². The monoisotopic (exact) mass is 1880 g/mol. The fourth-order valence-electron chi connectivity index (χ4n) is 10.5. The molecule has 0 saturated carbocycles. The van der Waals surface area contributed by atoms with Gasteiger partial charge in [-0.1, -0.05) is 144 Å². The molecule has 137 heavy (non-hydrogen) atoms. The molecular formula is C79H65Cl2N51O5. The van der Waals surface area contributed by atoms with Crippen molar-refractivity contribution in [3.05, 3.63) is 307 Å². The average Bonchev–Trinajstić information content (AvgIpc) is 1.74. The minimum atomic E-state index is -0.977. The van der Waals surface area contributed by atoms with Crippen LogP contribution < -0.4 is 4.74 Å². The molecule has 0 spiro atoms. The lowest BCUT2D eigenvalue weighted by molar-refractivity contribution is 0.0686. The molecule has 0 aliphatic carbocycles. The number of para-hydroxylation sites is 1. The lowest BCUT2D eigenvalue weighted by Crippen LogP contribution is -1.96. The van der Waals surface area contributed by atoms with Crippen molar-refractivity contribution in [2.75, 3.05) is 7.11 Å². The Hall–Kier alpha value is -20.6. The molecule has 0 saturated heterocycles. The van der Waals surface area contributed by atoms with Crippen molar-refractivity contribution in [1.29, 1.82) is 0 Å². The zero-order chi connectivity index (χ0) is 95.1. The summed E-state index contributed by atoms with van der Waals surface area (Å²) < 4.78 is 6.48. The predicted molar refractivity (Wildman–Crippen MR) is 477 cm³/mol. The number of aromatic nitrogens is 51. The Balaban J connectivity index is 0.000000128. The van der Waals surface area contributed by atoms with Gasteiger partial charge >= 0.3 is 11.9 Å². The Kier molecular flexibility index (Phi) is 34.8. The van der Waals surface area contributed by atoms with E-state index in [1.807, 2.05) is 195 Å². The van der Waals surface area contributed by atoms with Crippen LogP contribution in [-0.4, -0.2) is 291 Å². The first-order valence-corrected chi connectivity index (χ1v) is 39.7. The molecule has 23 aromatic rings. The Bertz CT molecular complexity index is 6750. The van der Waals surface area contributed by atoms with E-state index in [9.17, 15) is 9.59 Å². The molecule has 680 valence electrons. The topological polar surface area (TPSA) is 765 Å². The van der Waals surface area contributed by atoms with Crippen LogP contribution in [0.1, 0.15) is 26.3 Å². The molecule has 15 aromatic heterocycles. The summed E-state index contributed by atoms with van der Waals surface area (Å²) in [6, 6.07) is 74.9. The number of methoxy groups -OCH3 is 1. The van der Waals surface area contributed by atoms with E-state index in [1.165, 1.54) is 34.5 Å². The molecule has 56 nitrogen and oxygen atoms in total. The van der Waals surface area contributed by atoms with Gasteiger partial charge in [0.15, 0.2) is 0 Å². The molecule has 0 fully saturated rings. The van der Waals surface area contributed by atoms with Crippen molar-refractivity contribution in [3.8, 4) is 137 Å². The fraction of sp³-hybridized carbons (Fsp3) is 0.0253. The number of carboxylic acid groups (broad SMARTS) is 2. The molecule has 0 bridgehead atoms. The second-order valence-corrected chi connectivity index (χ2v) is 26.6. The highest BCUT2D eigenvalue weighted by atomic mass is 35.5. The second kappa shape index (κ2) is 50.8. The summed E-state index contributed by atoms with van der Waals surface area (Å²) in [6.45, 7) is 2.04. The van der Waals surface area contributed by atoms with Gasteiger partial charge in [-0.05, 0) is 214 Å². The second-order valence-electron chi connectivity index (χ2n) is 25.8. The van der Waals surface area contributed by atoms with Crippen LogP contribution in [0.25, 0.3) is 131 Å². The first kappa shape index (κ1) is 94.0. The van der Waals surface area contributed by atoms with E-state index < -0.39 is 11.9 Å². The van der Waals surface area contributed by atoms with Gasteiger partial charge in [0.25, 0.3) is 0 Å². The number of nitrogens with zero attached hydrogens (tertiary/aromatic N) is 40. The number of hydrogen-bond donors (Lipinski definition) is 13. The molecule has 0 aliphatic rings. The normalized spacial score (nSPS) is 10.0. The molecule has 0 radical (unpaired) electrons. The molecule has 0 aliphatic heterocycles. The summed E-state index contributed by atoms with van der Waals surface area (Å²) >= 11 is 11.4. The maximum absolute atomic E-state index is 10.7. The largest absolute Gasteiger partial charge is 0.497 e. The minimum absolute atomic E-state index is 0.201. The standard InChI is InChI=1S/C8H6N8.2C8H6N4O2.C8H8N4O.C8H8N4.2C7H5ClN4.C7H6N4.3C6H5N5/c1-2-5(7-9-13-14-10-7)4-6(3-1)8-11-15-16-12-8;13-8(14)6-3-1-5(2-4-6)7-9-11-12-10-7;13-8(14)6-3-1-2-5(4-6)7-9-11-12-10-7;1-13-7-4-2-6(3-5-7)8-9-11-12-10-8;1-6-2-4-7(5-3-6)8-9-11-12-10-8;8-6-3-1-5(2-4-6)7-9-11-12-10-7;8-7-9-10-11-12(7)6-4-2-1-3-5-6;1-2-4-6(5-3-1)7-8-10-11-9-7;1-3-7-4-2-5(1)6-8-10-11-9-6;1-2-5(4-7-3-1)6-8-10-11-9-6;1-2-4-7-5(3-1)6-8-10-11-9-6/h1-4H,(H,9,10,13,14)(H,11,12,15,16);2*1-4H,(H,13,14)(H,9,10,11,12);2-5H,1H3,(H,9,10,11,12);2-5H,1H3,(H,9,10,11,12);1-4H,(H,9,10,11,12);1-5H;1-5H,(H,8,9,10,11);3*1-4H,(H,8,9,10,11). The fourth-order valence-corrected chi connectivity index (χ4v) is 10.8. The highest BCUT2D eigenvalue weighted by Gasteiger charge is 2.13.